The number of hydrogen-bond acceptors (Lipinski definition) is 3. The normalized spacial score (nSPS) is 13.6. The fraction of sp³-hybridized carbons (Fsp3) is 0.400. The molecule has 1 amide bonds. The van der Waals surface area contributed by atoms with Crippen LogP contribution >= 0.6 is 0 Å². The van der Waals surface area contributed by atoms with E-state index in [0.29, 0.717) is 18.5 Å². The summed E-state index contributed by atoms with van der Waals surface area (Å²) >= 11 is 0. The number of anilines is 1. The van der Waals surface area contributed by atoms with E-state index in [2.05, 4.69) is 6.07 Å². The van der Waals surface area contributed by atoms with E-state index in [9.17, 15) is 9.59 Å². The Hall–Kier alpha value is -2.15. The summed E-state index contributed by atoms with van der Waals surface area (Å²) in [5.41, 5.74) is 3.16. The van der Waals surface area contributed by atoms with E-state index >= 15 is 0 Å². The number of amides is 1. The maximum atomic E-state index is 12.0. The maximum Gasteiger partial charge on any atom is 0.299 e. The van der Waals surface area contributed by atoms with E-state index in [1.54, 1.807) is 4.90 Å². The van der Waals surface area contributed by atoms with Crippen LogP contribution in [0.1, 0.15) is 40.7 Å². The van der Waals surface area contributed by atoms with Crippen molar-refractivity contribution in [2.45, 2.75) is 33.1 Å². The van der Waals surface area contributed by atoms with E-state index in [4.69, 9.17) is 5.26 Å². The molecule has 0 aliphatic carbocycles. The van der Waals surface area contributed by atoms with Crippen molar-refractivity contribution < 1.29 is 9.59 Å². The number of unbranched alkanes of at least 4 members (excludes halogenated alkanes) is 2. The molecule has 19 heavy (non-hydrogen) atoms. The second kappa shape index (κ2) is 5.23. The third kappa shape index (κ3) is 2.37. The van der Waals surface area contributed by atoms with Crippen molar-refractivity contribution in [1.29, 1.82) is 5.26 Å². The van der Waals surface area contributed by atoms with Gasteiger partial charge in [-0.2, -0.15) is 5.26 Å². The molecule has 1 heterocycles. The number of carbonyl (C=O) groups is 2. The van der Waals surface area contributed by atoms with Gasteiger partial charge >= 0.3 is 0 Å². The van der Waals surface area contributed by atoms with Crippen molar-refractivity contribution in [1.82, 2.24) is 0 Å². The largest absolute Gasteiger partial charge is 0.305 e. The fourth-order valence-electron chi connectivity index (χ4n) is 2.49. The first-order chi connectivity index (χ1) is 9.06. The van der Waals surface area contributed by atoms with Gasteiger partial charge in [-0.1, -0.05) is 6.07 Å². The van der Waals surface area contributed by atoms with Crippen LogP contribution in [0.15, 0.2) is 12.1 Å². The third-order valence-electron chi connectivity index (χ3n) is 3.34. The Labute approximate surface area is 112 Å². The molecule has 0 radical (unpaired) electrons. The van der Waals surface area contributed by atoms with Crippen LogP contribution in [0.3, 0.4) is 0 Å². The molecule has 2 rings (SSSR count). The predicted molar refractivity (Wildman–Crippen MR) is 72.1 cm³/mol. The molecule has 1 aromatic carbocycles. The molecule has 0 N–H and O–H groups in total. The highest BCUT2D eigenvalue weighted by atomic mass is 16.2. The summed E-state index contributed by atoms with van der Waals surface area (Å²) in [5.74, 6) is -0.853. The van der Waals surface area contributed by atoms with Gasteiger partial charge in [0.05, 0.1) is 17.3 Å². The summed E-state index contributed by atoms with van der Waals surface area (Å²) in [4.78, 5) is 25.5. The summed E-state index contributed by atoms with van der Waals surface area (Å²) in [5, 5.41) is 8.50. The fourth-order valence-corrected chi connectivity index (χ4v) is 2.49. The molecular weight excluding hydrogens is 240 g/mol. The van der Waals surface area contributed by atoms with Gasteiger partial charge in [0, 0.05) is 13.0 Å². The number of carbonyl (C=O) groups excluding carboxylic acids is 2. The zero-order valence-electron chi connectivity index (χ0n) is 11.2. The zero-order valence-corrected chi connectivity index (χ0v) is 11.2. The number of fused-ring (bicyclic) bond motifs is 1. The molecule has 1 aromatic rings. The van der Waals surface area contributed by atoms with Crippen molar-refractivity contribution in [3.63, 3.8) is 0 Å². The molecule has 0 fully saturated rings. The minimum atomic E-state index is -0.444. The topological polar surface area (TPSA) is 61.2 Å². The molecule has 1 aliphatic rings. The molecule has 0 unspecified atom stereocenters. The standard InChI is InChI=1S/C15H16N2O2/c1-10-8-11(2)13-12(9-10)17(15(19)14(13)18)7-5-3-4-6-16/h8-9H,3-5,7H2,1-2H3. The average Bonchev–Trinajstić information content (AvgIpc) is 2.59. The number of benzene rings is 1. The number of rotatable bonds is 4. The third-order valence-corrected chi connectivity index (χ3v) is 3.34. The maximum absolute atomic E-state index is 12.0. The lowest BCUT2D eigenvalue weighted by molar-refractivity contribution is -0.114. The number of nitriles is 1. The van der Waals surface area contributed by atoms with Crippen LogP contribution in [-0.2, 0) is 4.79 Å². The second-order valence-corrected chi connectivity index (χ2v) is 4.88. The lowest BCUT2D eigenvalue weighted by Gasteiger charge is -2.16. The minimum Gasteiger partial charge on any atom is -0.305 e. The Morgan fingerprint density at radius 2 is 1.95 bits per heavy atom. The second-order valence-electron chi connectivity index (χ2n) is 4.88. The van der Waals surface area contributed by atoms with Gasteiger partial charge in [-0.05, 0) is 43.9 Å². The van der Waals surface area contributed by atoms with E-state index in [1.807, 2.05) is 26.0 Å². The van der Waals surface area contributed by atoms with E-state index in [-0.39, 0.29) is 0 Å². The lowest BCUT2D eigenvalue weighted by atomic mass is 10.0. The van der Waals surface area contributed by atoms with Crippen molar-refractivity contribution in [2.75, 3.05) is 11.4 Å². The van der Waals surface area contributed by atoms with Crippen molar-refractivity contribution >= 4 is 17.4 Å². The van der Waals surface area contributed by atoms with Crippen LogP contribution in [0.25, 0.3) is 0 Å². The average molecular weight is 256 g/mol. The van der Waals surface area contributed by atoms with Crippen LogP contribution in [0.4, 0.5) is 5.69 Å². The van der Waals surface area contributed by atoms with Gasteiger partial charge in [0.25, 0.3) is 11.7 Å². The van der Waals surface area contributed by atoms with Crippen LogP contribution in [0.5, 0.6) is 0 Å². The van der Waals surface area contributed by atoms with Gasteiger partial charge in [0.1, 0.15) is 0 Å². The molecule has 0 saturated heterocycles. The first-order valence-corrected chi connectivity index (χ1v) is 6.40. The lowest BCUT2D eigenvalue weighted by Crippen LogP contribution is -2.30. The number of ketones is 1. The molecule has 1 aliphatic heterocycles. The van der Waals surface area contributed by atoms with Crippen molar-refractivity contribution in [3.8, 4) is 6.07 Å². The summed E-state index contributed by atoms with van der Waals surface area (Å²) < 4.78 is 0. The first-order valence-electron chi connectivity index (χ1n) is 6.40. The highest BCUT2D eigenvalue weighted by molar-refractivity contribution is 6.52. The Morgan fingerprint density at radius 3 is 2.63 bits per heavy atom. The van der Waals surface area contributed by atoms with Gasteiger partial charge in [-0.3, -0.25) is 9.59 Å². The van der Waals surface area contributed by atoms with E-state index in [1.165, 1.54) is 0 Å². The molecule has 0 spiro atoms. The molecule has 98 valence electrons. The van der Waals surface area contributed by atoms with E-state index < -0.39 is 11.7 Å². The van der Waals surface area contributed by atoms with Gasteiger partial charge < -0.3 is 4.90 Å². The molecule has 0 aromatic heterocycles. The van der Waals surface area contributed by atoms with Gasteiger partial charge in [0.15, 0.2) is 0 Å². The van der Waals surface area contributed by atoms with Crippen LogP contribution in [0, 0.1) is 25.2 Å². The number of Topliss-reactive ketones (excluding diaryl/α,β-unsaturated/α-hetero) is 1. The molecule has 0 saturated carbocycles. The molecule has 0 atom stereocenters. The molecular formula is C15H16N2O2. The monoisotopic (exact) mass is 256 g/mol. The molecule has 0 bridgehead atoms. The van der Waals surface area contributed by atoms with Crippen LogP contribution in [-0.4, -0.2) is 18.2 Å². The van der Waals surface area contributed by atoms with Crippen LogP contribution in [0.2, 0.25) is 0 Å². The smallest absolute Gasteiger partial charge is 0.299 e. The van der Waals surface area contributed by atoms with Crippen molar-refractivity contribution in [2.24, 2.45) is 0 Å². The zero-order chi connectivity index (χ0) is 14.0. The van der Waals surface area contributed by atoms with Crippen molar-refractivity contribution in [3.05, 3.63) is 28.8 Å². The Balaban J connectivity index is 2.26. The van der Waals surface area contributed by atoms with Gasteiger partial charge in [-0.25, -0.2) is 0 Å². The predicted octanol–water partition coefficient (Wildman–Crippen LogP) is 2.53. The summed E-state index contributed by atoms with van der Waals surface area (Å²) in [6.07, 6.45) is 1.96. The van der Waals surface area contributed by atoms with Gasteiger partial charge in [0.2, 0.25) is 0 Å². The molecule has 4 nitrogen and oxygen atoms in total. The Bertz CT molecular complexity index is 585. The van der Waals surface area contributed by atoms with Crippen LogP contribution < -0.4 is 4.90 Å². The van der Waals surface area contributed by atoms with E-state index in [0.717, 1.165) is 29.7 Å². The Morgan fingerprint density at radius 1 is 1.21 bits per heavy atom. The first kappa shape index (κ1) is 13.3. The summed E-state index contributed by atoms with van der Waals surface area (Å²) in [7, 11) is 0. The highest BCUT2D eigenvalue weighted by Crippen LogP contribution is 2.32. The SMILES string of the molecule is Cc1cc(C)c2c(c1)N(CCCCC#N)C(=O)C2=O. The number of hydrogen-bond donors (Lipinski definition) is 0. The quantitative estimate of drug-likeness (QED) is 0.614. The summed E-state index contributed by atoms with van der Waals surface area (Å²) in [6.45, 7) is 4.31. The Kier molecular flexibility index (Phi) is 3.66. The number of aryl methyl sites for hydroxylation is 2. The summed E-state index contributed by atoms with van der Waals surface area (Å²) in [6, 6.07) is 5.88. The number of nitrogens with zero attached hydrogens (tertiary/aromatic N) is 2. The minimum absolute atomic E-state index is 0.409. The van der Waals surface area contributed by atoms with Gasteiger partial charge in [-0.15, -0.1) is 0 Å². The highest BCUT2D eigenvalue weighted by Gasteiger charge is 2.36. The molecule has 4 heteroatoms.